The molecule has 160 valence electrons. The topological polar surface area (TPSA) is 91.8 Å². The number of halogens is 2. The summed E-state index contributed by atoms with van der Waals surface area (Å²) in [5.74, 6) is 0.187. The van der Waals surface area contributed by atoms with Gasteiger partial charge in [0.25, 0.3) is 0 Å². The number of aliphatic imine (C=N–C) groups is 1. The Bertz CT molecular complexity index is 713. The van der Waals surface area contributed by atoms with E-state index in [2.05, 4.69) is 20.3 Å². The minimum atomic E-state index is -3.38. The maximum absolute atomic E-state index is 13.6. The first-order valence-corrected chi connectivity index (χ1v) is 10.9. The van der Waals surface area contributed by atoms with Gasteiger partial charge in [-0.15, -0.1) is 24.0 Å². The Morgan fingerprint density at radius 2 is 2.00 bits per heavy atom. The van der Waals surface area contributed by atoms with E-state index in [-0.39, 0.29) is 48.2 Å². The van der Waals surface area contributed by atoms with E-state index in [9.17, 15) is 12.8 Å². The van der Waals surface area contributed by atoms with Gasteiger partial charge in [0.2, 0.25) is 10.0 Å². The van der Waals surface area contributed by atoms with Gasteiger partial charge in [0.05, 0.1) is 11.9 Å². The molecule has 1 aromatic carbocycles. The molecule has 10 heteroatoms. The lowest BCUT2D eigenvalue weighted by atomic mass is 10.1. The van der Waals surface area contributed by atoms with Gasteiger partial charge in [-0.05, 0) is 37.3 Å². The van der Waals surface area contributed by atoms with Crippen molar-refractivity contribution in [2.75, 3.05) is 39.0 Å². The molecular weight excluding hydrogens is 498 g/mol. The Hall–Kier alpha value is -0.980. The molecular formula is C18H30FIN4O3S. The Kier molecular flexibility index (Phi) is 11.9. The Morgan fingerprint density at radius 3 is 2.68 bits per heavy atom. The fraction of sp³-hybridized carbons (Fsp3) is 0.611. The number of nitrogens with one attached hydrogen (secondary N) is 3. The minimum absolute atomic E-state index is 0. The number of sulfonamides is 1. The molecule has 1 aliphatic heterocycles. The van der Waals surface area contributed by atoms with Crippen LogP contribution in [0.5, 0.6) is 0 Å². The van der Waals surface area contributed by atoms with Gasteiger partial charge in [0, 0.05) is 33.3 Å². The summed E-state index contributed by atoms with van der Waals surface area (Å²) in [6.07, 6.45) is 3.47. The van der Waals surface area contributed by atoms with Gasteiger partial charge in [0.1, 0.15) is 5.82 Å². The zero-order valence-corrected chi connectivity index (χ0v) is 19.3. The summed E-state index contributed by atoms with van der Waals surface area (Å²) < 4.78 is 45.8. The Labute approximate surface area is 184 Å². The van der Waals surface area contributed by atoms with Crippen LogP contribution in [0.2, 0.25) is 0 Å². The summed E-state index contributed by atoms with van der Waals surface area (Å²) in [7, 11) is -1.78. The van der Waals surface area contributed by atoms with E-state index in [0.717, 1.165) is 19.3 Å². The molecule has 0 amide bonds. The summed E-state index contributed by atoms with van der Waals surface area (Å²) in [4.78, 5) is 4.05. The summed E-state index contributed by atoms with van der Waals surface area (Å²) in [6.45, 7) is 1.73. The van der Waals surface area contributed by atoms with Crippen LogP contribution >= 0.6 is 24.0 Å². The maximum atomic E-state index is 13.6. The largest absolute Gasteiger partial charge is 0.377 e. The second-order valence-corrected chi connectivity index (χ2v) is 8.35. The van der Waals surface area contributed by atoms with E-state index in [1.165, 1.54) is 6.07 Å². The summed E-state index contributed by atoms with van der Waals surface area (Å²) >= 11 is 0. The first kappa shape index (κ1) is 25.1. The quantitative estimate of drug-likeness (QED) is 0.258. The van der Waals surface area contributed by atoms with Gasteiger partial charge in [-0.25, -0.2) is 17.5 Å². The van der Waals surface area contributed by atoms with E-state index in [1.54, 1.807) is 25.2 Å². The van der Waals surface area contributed by atoms with Gasteiger partial charge in [-0.1, -0.05) is 18.2 Å². The lowest BCUT2D eigenvalue weighted by molar-refractivity contribution is 0.0200. The van der Waals surface area contributed by atoms with Crippen LogP contribution in [-0.2, 0) is 21.2 Å². The number of ether oxygens (including phenoxy) is 1. The van der Waals surface area contributed by atoms with E-state index in [1.807, 2.05) is 0 Å². The second kappa shape index (κ2) is 13.3. The van der Waals surface area contributed by atoms with Crippen molar-refractivity contribution >= 4 is 40.0 Å². The zero-order chi connectivity index (χ0) is 19.5. The minimum Gasteiger partial charge on any atom is -0.377 e. The maximum Gasteiger partial charge on any atom is 0.213 e. The van der Waals surface area contributed by atoms with Crippen molar-refractivity contribution < 1.29 is 17.5 Å². The molecule has 7 nitrogen and oxygen atoms in total. The SMILES string of the molecule is CN=C(NCCc1ccccc1F)NCCS(=O)(=O)NCC1CCCCO1.I. The molecule has 0 spiro atoms. The third-order valence-corrected chi connectivity index (χ3v) is 5.68. The lowest BCUT2D eigenvalue weighted by Gasteiger charge is -2.22. The number of hydrogen-bond acceptors (Lipinski definition) is 4. The van der Waals surface area contributed by atoms with Crippen LogP contribution in [-0.4, -0.2) is 59.5 Å². The van der Waals surface area contributed by atoms with Crippen molar-refractivity contribution in [2.24, 2.45) is 4.99 Å². The molecule has 1 heterocycles. The van der Waals surface area contributed by atoms with Crippen LogP contribution < -0.4 is 15.4 Å². The van der Waals surface area contributed by atoms with Gasteiger partial charge in [-0.2, -0.15) is 0 Å². The monoisotopic (exact) mass is 528 g/mol. The van der Waals surface area contributed by atoms with Crippen molar-refractivity contribution in [1.82, 2.24) is 15.4 Å². The molecule has 1 aromatic rings. The molecule has 0 aliphatic carbocycles. The normalized spacial score (nSPS) is 17.6. The van der Waals surface area contributed by atoms with Crippen molar-refractivity contribution in [3.63, 3.8) is 0 Å². The number of hydrogen-bond donors (Lipinski definition) is 3. The molecule has 0 saturated carbocycles. The molecule has 28 heavy (non-hydrogen) atoms. The third kappa shape index (κ3) is 9.48. The Morgan fingerprint density at radius 1 is 1.25 bits per heavy atom. The van der Waals surface area contributed by atoms with Crippen LogP contribution in [0.15, 0.2) is 29.3 Å². The predicted octanol–water partition coefficient (Wildman–Crippen LogP) is 1.64. The molecule has 0 bridgehead atoms. The number of guanidine groups is 1. The van der Waals surface area contributed by atoms with Crippen molar-refractivity contribution in [2.45, 2.75) is 31.8 Å². The fourth-order valence-corrected chi connectivity index (χ4v) is 3.76. The van der Waals surface area contributed by atoms with E-state index < -0.39 is 10.0 Å². The average molecular weight is 528 g/mol. The third-order valence-electron chi connectivity index (χ3n) is 4.34. The van der Waals surface area contributed by atoms with Crippen LogP contribution in [0.4, 0.5) is 4.39 Å². The second-order valence-electron chi connectivity index (χ2n) is 6.42. The molecule has 1 fully saturated rings. The molecule has 2 rings (SSSR count). The molecule has 1 atom stereocenters. The van der Waals surface area contributed by atoms with Crippen LogP contribution in [0.1, 0.15) is 24.8 Å². The van der Waals surface area contributed by atoms with E-state index >= 15 is 0 Å². The van der Waals surface area contributed by atoms with Crippen LogP contribution in [0.3, 0.4) is 0 Å². The van der Waals surface area contributed by atoms with Crippen molar-refractivity contribution in [3.8, 4) is 0 Å². The van der Waals surface area contributed by atoms with Crippen molar-refractivity contribution in [1.29, 1.82) is 0 Å². The zero-order valence-electron chi connectivity index (χ0n) is 16.1. The smallest absolute Gasteiger partial charge is 0.213 e. The Balaban J connectivity index is 0.00000392. The highest BCUT2D eigenvalue weighted by Gasteiger charge is 2.17. The molecule has 1 saturated heterocycles. The highest BCUT2D eigenvalue weighted by Crippen LogP contribution is 2.11. The standard InChI is InChI=1S/C18H29FN4O3S.HI/c1-20-18(21-10-9-15-6-2-3-8-17(15)19)22-11-13-27(24,25)23-14-16-7-4-5-12-26-16;/h2-3,6,8,16,23H,4-5,7,9-14H2,1H3,(H2,20,21,22);1H. The van der Waals surface area contributed by atoms with Crippen LogP contribution in [0, 0.1) is 5.82 Å². The molecule has 0 aromatic heterocycles. The van der Waals surface area contributed by atoms with E-state index in [4.69, 9.17) is 4.74 Å². The number of benzene rings is 1. The lowest BCUT2D eigenvalue weighted by Crippen LogP contribution is -2.43. The summed E-state index contributed by atoms with van der Waals surface area (Å²) in [5.41, 5.74) is 0.622. The van der Waals surface area contributed by atoms with E-state index in [0.29, 0.717) is 37.6 Å². The molecule has 0 radical (unpaired) electrons. The first-order valence-electron chi connectivity index (χ1n) is 9.27. The predicted molar refractivity (Wildman–Crippen MR) is 120 cm³/mol. The van der Waals surface area contributed by atoms with Gasteiger partial charge in [-0.3, -0.25) is 4.99 Å². The summed E-state index contributed by atoms with van der Waals surface area (Å²) in [6, 6.07) is 6.61. The highest BCUT2D eigenvalue weighted by molar-refractivity contribution is 14.0. The number of rotatable bonds is 9. The van der Waals surface area contributed by atoms with Gasteiger partial charge >= 0.3 is 0 Å². The fourth-order valence-electron chi connectivity index (χ4n) is 2.80. The average Bonchev–Trinajstić information content (AvgIpc) is 2.67. The van der Waals surface area contributed by atoms with Gasteiger partial charge in [0.15, 0.2) is 5.96 Å². The molecule has 1 aliphatic rings. The molecule has 1 unspecified atom stereocenters. The summed E-state index contributed by atoms with van der Waals surface area (Å²) in [5, 5.41) is 6.01. The van der Waals surface area contributed by atoms with Crippen molar-refractivity contribution in [3.05, 3.63) is 35.6 Å². The number of nitrogens with zero attached hydrogens (tertiary/aromatic N) is 1. The first-order chi connectivity index (χ1) is 13.0. The van der Waals surface area contributed by atoms with Crippen LogP contribution in [0.25, 0.3) is 0 Å². The highest BCUT2D eigenvalue weighted by atomic mass is 127. The molecule has 3 N–H and O–H groups in total. The van der Waals surface area contributed by atoms with Gasteiger partial charge < -0.3 is 15.4 Å².